The first-order chi connectivity index (χ1) is 8.66. The molecule has 2 aromatic rings. The number of nitrogens with one attached hydrogen (secondary N) is 1. The number of nitrogens with zero attached hydrogens (tertiary/aromatic N) is 3. The van der Waals surface area contributed by atoms with E-state index in [1.165, 1.54) is 12.5 Å². The van der Waals surface area contributed by atoms with Gasteiger partial charge in [0.1, 0.15) is 12.1 Å². The molecule has 0 bridgehead atoms. The number of hydrogen-bond donors (Lipinski definition) is 2. The van der Waals surface area contributed by atoms with Crippen molar-refractivity contribution in [1.82, 2.24) is 20.3 Å². The van der Waals surface area contributed by atoms with Crippen LogP contribution in [0.4, 0.5) is 5.82 Å². The number of nitrogens with two attached hydrogens (primary N) is 1. The molecule has 0 aliphatic carbocycles. The van der Waals surface area contributed by atoms with Gasteiger partial charge in [-0.1, -0.05) is 0 Å². The number of aromatic nitrogens is 3. The Bertz CT molecular complexity index is 561. The van der Waals surface area contributed by atoms with Crippen LogP contribution in [0.2, 0.25) is 0 Å². The lowest BCUT2D eigenvalue weighted by molar-refractivity contribution is 0.0951. The van der Waals surface area contributed by atoms with Crippen LogP contribution in [0.3, 0.4) is 0 Å². The van der Waals surface area contributed by atoms with E-state index in [0.717, 1.165) is 5.69 Å². The minimum absolute atomic E-state index is 0.193. The summed E-state index contributed by atoms with van der Waals surface area (Å²) in [5, 5.41) is 2.71. The summed E-state index contributed by atoms with van der Waals surface area (Å²) in [6, 6.07) is 3.35. The molecule has 3 N–H and O–H groups in total. The van der Waals surface area contributed by atoms with E-state index in [1.54, 1.807) is 18.3 Å². The maximum absolute atomic E-state index is 11.9. The van der Waals surface area contributed by atoms with Crippen molar-refractivity contribution in [3.63, 3.8) is 0 Å². The Morgan fingerprint density at radius 3 is 3.00 bits per heavy atom. The summed E-state index contributed by atoms with van der Waals surface area (Å²) < 4.78 is 0.698. The topological polar surface area (TPSA) is 93.8 Å². The fourth-order valence-corrected chi connectivity index (χ4v) is 1.65. The minimum atomic E-state index is -0.292. The molecule has 0 fully saturated rings. The van der Waals surface area contributed by atoms with Crippen molar-refractivity contribution >= 4 is 27.7 Å². The van der Waals surface area contributed by atoms with E-state index in [9.17, 15) is 4.79 Å². The third-order valence-electron chi connectivity index (χ3n) is 2.20. The van der Waals surface area contributed by atoms with Gasteiger partial charge in [0.25, 0.3) is 5.91 Å². The third-order valence-corrected chi connectivity index (χ3v) is 2.64. The highest BCUT2D eigenvalue weighted by atomic mass is 79.9. The highest BCUT2D eigenvalue weighted by Gasteiger charge is 2.11. The summed E-state index contributed by atoms with van der Waals surface area (Å²) in [6.45, 7) is 0.313. The summed E-state index contributed by atoms with van der Waals surface area (Å²) in [7, 11) is 0. The minimum Gasteiger partial charge on any atom is -0.383 e. The van der Waals surface area contributed by atoms with E-state index in [1.807, 2.05) is 0 Å². The van der Waals surface area contributed by atoms with E-state index in [2.05, 4.69) is 36.2 Å². The summed E-state index contributed by atoms with van der Waals surface area (Å²) in [6.07, 6.45) is 4.58. The van der Waals surface area contributed by atoms with Gasteiger partial charge in [0.05, 0.1) is 17.8 Å². The van der Waals surface area contributed by atoms with Crippen molar-refractivity contribution in [2.75, 3.05) is 5.73 Å². The molecule has 6 nitrogen and oxygen atoms in total. The second kappa shape index (κ2) is 5.54. The monoisotopic (exact) mass is 307 g/mol. The third kappa shape index (κ3) is 3.01. The first kappa shape index (κ1) is 12.4. The zero-order chi connectivity index (χ0) is 13.0. The molecule has 92 valence electrons. The molecule has 0 unspecified atom stereocenters. The summed E-state index contributed by atoms with van der Waals surface area (Å²) in [4.78, 5) is 23.6. The van der Waals surface area contributed by atoms with Crippen LogP contribution in [-0.2, 0) is 6.54 Å². The number of anilines is 1. The highest BCUT2D eigenvalue weighted by molar-refractivity contribution is 9.10. The number of rotatable bonds is 3. The molecule has 2 heterocycles. The average molecular weight is 308 g/mol. The molecule has 2 rings (SSSR count). The van der Waals surface area contributed by atoms with Gasteiger partial charge >= 0.3 is 0 Å². The Kier molecular flexibility index (Phi) is 3.83. The molecule has 2 aromatic heterocycles. The summed E-state index contributed by atoms with van der Waals surface area (Å²) >= 11 is 3.24. The molecular formula is C11H10BrN5O. The van der Waals surface area contributed by atoms with Crippen LogP contribution in [0.15, 0.2) is 35.3 Å². The van der Waals surface area contributed by atoms with Crippen molar-refractivity contribution < 1.29 is 4.79 Å². The van der Waals surface area contributed by atoms with Gasteiger partial charge in [0.15, 0.2) is 0 Å². The van der Waals surface area contributed by atoms with Crippen LogP contribution in [0.1, 0.15) is 16.1 Å². The van der Waals surface area contributed by atoms with Crippen molar-refractivity contribution in [3.8, 4) is 0 Å². The van der Waals surface area contributed by atoms with Gasteiger partial charge < -0.3 is 11.1 Å². The molecule has 0 aliphatic rings. The van der Waals surface area contributed by atoms with Crippen LogP contribution in [0, 0.1) is 0 Å². The highest BCUT2D eigenvalue weighted by Crippen LogP contribution is 2.15. The Hall–Kier alpha value is -2.02. The molecule has 0 spiro atoms. The zero-order valence-corrected chi connectivity index (χ0v) is 10.9. The predicted molar refractivity (Wildman–Crippen MR) is 69.6 cm³/mol. The Morgan fingerprint density at radius 2 is 2.28 bits per heavy atom. The van der Waals surface area contributed by atoms with Crippen LogP contribution in [0.25, 0.3) is 0 Å². The largest absolute Gasteiger partial charge is 0.383 e. The molecule has 0 aromatic carbocycles. The standard InChI is InChI=1S/C11H10BrN5O/c12-7-3-9(10(13)15-4-7)11(18)16-5-8-1-2-14-6-17-8/h1-4,6H,5H2,(H2,13,15)(H,16,18). The van der Waals surface area contributed by atoms with Crippen LogP contribution >= 0.6 is 15.9 Å². The lowest BCUT2D eigenvalue weighted by Crippen LogP contribution is -2.24. The average Bonchev–Trinajstić information content (AvgIpc) is 2.40. The maximum Gasteiger partial charge on any atom is 0.255 e. The van der Waals surface area contributed by atoms with Crippen molar-refractivity contribution in [2.45, 2.75) is 6.54 Å². The van der Waals surface area contributed by atoms with Gasteiger partial charge in [-0.3, -0.25) is 4.79 Å². The van der Waals surface area contributed by atoms with E-state index in [-0.39, 0.29) is 11.7 Å². The van der Waals surface area contributed by atoms with Gasteiger partial charge in [-0.05, 0) is 28.1 Å². The number of hydrogen-bond acceptors (Lipinski definition) is 5. The Labute approximate surface area is 112 Å². The first-order valence-corrected chi connectivity index (χ1v) is 5.90. The summed E-state index contributed by atoms with van der Waals surface area (Å²) in [5.74, 6) is -0.0988. The number of nitrogen functional groups attached to an aromatic ring is 1. The molecule has 0 radical (unpaired) electrons. The molecule has 7 heteroatoms. The number of carbonyl (C=O) groups excluding carboxylic acids is 1. The molecule has 0 atom stereocenters. The molecule has 18 heavy (non-hydrogen) atoms. The Morgan fingerprint density at radius 1 is 1.44 bits per heavy atom. The second-order valence-corrected chi connectivity index (χ2v) is 4.39. The van der Waals surface area contributed by atoms with Gasteiger partial charge in [-0.15, -0.1) is 0 Å². The molecule has 0 saturated carbocycles. The van der Waals surface area contributed by atoms with Crippen LogP contribution < -0.4 is 11.1 Å². The van der Waals surface area contributed by atoms with E-state index in [0.29, 0.717) is 16.6 Å². The van der Waals surface area contributed by atoms with Gasteiger partial charge in [0.2, 0.25) is 0 Å². The van der Waals surface area contributed by atoms with Crippen molar-refractivity contribution in [2.24, 2.45) is 0 Å². The lowest BCUT2D eigenvalue weighted by atomic mass is 10.2. The van der Waals surface area contributed by atoms with Crippen molar-refractivity contribution in [3.05, 3.63) is 46.6 Å². The normalized spacial score (nSPS) is 10.1. The quantitative estimate of drug-likeness (QED) is 0.887. The van der Waals surface area contributed by atoms with Gasteiger partial charge in [-0.2, -0.15) is 0 Å². The van der Waals surface area contributed by atoms with E-state index < -0.39 is 0 Å². The lowest BCUT2D eigenvalue weighted by Gasteiger charge is -2.06. The van der Waals surface area contributed by atoms with E-state index >= 15 is 0 Å². The number of pyridine rings is 1. The predicted octanol–water partition coefficient (Wildman–Crippen LogP) is 1.15. The fraction of sp³-hybridized carbons (Fsp3) is 0.0909. The zero-order valence-electron chi connectivity index (χ0n) is 9.30. The first-order valence-electron chi connectivity index (χ1n) is 5.11. The number of halogens is 1. The van der Waals surface area contributed by atoms with Crippen LogP contribution in [0.5, 0.6) is 0 Å². The van der Waals surface area contributed by atoms with Gasteiger partial charge in [-0.25, -0.2) is 15.0 Å². The second-order valence-electron chi connectivity index (χ2n) is 3.47. The van der Waals surface area contributed by atoms with E-state index in [4.69, 9.17) is 5.73 Å². The van der Waals surface area contributed by atoms with Crippen LogP contribution in [-0.4, -0.2) is 20.9 Å². The number of amides is 1. The molecular weight excluding hydrogens is 298 g/mol. The number of carbonyl (C=O) groups is 1. The molecule has 0 aliphatic heterocycles. The fourth-order valence-electron chi connectivity index (χ4n) is 1.32. The van der Waals surface area contributed by atoms with Crippen molar-refractivity contribution in [1.29, 1.82) is 0 Å². The maximum atomic E-state index is 11.9. The SMILES string of the molecule is Nc1ncc(Br)cc1C(=O)NCc1ccncn1. The smallest absolute Gasteiger partial charge is 0.255 e. The Balaban J connectivity index is 2.06. The van der Waals surface area contributed by atoms with Gasteiger partial charge in [0, 0.05) is 16.9 Å². The summed E-state index contributed by atoms with van der Waals surface area (Å²) in [5.41, 5.74) is 6.69. The molecule has 0 saturated heterocycles. The molecule has 1 amide bonds.